The molecule has 0 spiro atoms. The molecule has 2 heteroatoms. The van der Waals surface area contributed by atoms with E-state index in [2.05, 4.69) is 0 Å². The van der Waals surface area contributed by atoms with E-state index in [1.54, 1.807) is 13.0 Å². The second-order valence-corrected chi connectivity index (χ2v) is 1.37. The van der Waals surface area contributed by atoms with Gasteiger partial charge in [-0.3, -0.25) is 4.79 Å². The molecule has 0 heterocycles. The smallest absolute Gasteiger partial charge is 0.170 e. The van der Waals surface area contributed by atoms with E-state index in [4.69, 9.17) is 11.6 Å². The van der Waals surface area contributed by atoms with Crippen LogP contribution in [-0.2, 0) is 4.79 Å². The molecule has 0 bridgehead atoms. The summed E-state index contributed by atoms with van der Waals surface area (Å²) in [6, 6.07) is 0. The van der Waals surface area contributed by atoms with Crippen molar-refractivity contribution in [1.82, 2.24) is 0 Å². The van der Waals surface area contributed by atoms with Gasteiger partial charge >= 0.3 is 0 Å². The van der Waals surface area contributed by atoms with Crippen LogP contribution in [0.25, 0.3) is 0 Å². The van der Waals surface area contributed by atoms with E-state index in [9.17, 15) is 4.79 Å². The van der Waals surface area contributed by atoms with Gasteiger partial charge in [0.25, 0.3) is 0 Å². The van der Waals surface area contributed by atoms with Crippen LogP contribution in [0.2, 0.25) is 0 Å². The quantitative estimate of drug-likeness (QED) is 0.395. The van der Waals surface area contributed by atoms with Crippen LogP contribution in [0, 0.1) is 0 Å². The summed E-state index contributed by atoms with van der Waals surface area (Å²) in [5.74, 6) is 0.0498. The molecule has 0 saturated heterocycles. The third-order valence-electron chi connectivity index (χ3n) is 0.484. The summed E-state index contributed by atoms with van der Waals surface area (Å²) in [5.41, 5.74) is 0. The Balaban J connectivity index is 3.37. The molecule has 0 N–H and O–H groups in total. The van der Waals surface area contributed by atoms with Crippen molar-refractivity contribution in [2.75, 3.05) is 5.88 Å². The van der Waals surface area contributed by atoms with Crippen LogP contribution >= 0.6 is 11.6 Å². The van der Waals surface area contributed by atoms with Gasteiger partial charge in [0.1, 0.15) is 0 Å². The van der Waals surface area contributed by atoms with Crippen LogP contribution < -0.4 is 0 Å². The van der Waals surface area contributed by atoms with E-state index in [0.717, 1.165) is 0 Å². The van der Waals surface area contributed by atoms with E-state index in [0.29, 0.717) is 0 Å². The molecule has 0 unspecified atom stereocenters. The summed E-state index contributed by atoms with van der Waals surface area (Å²) in [6.07, 6.45) is 3.12. The van der Waals surface area contributed by atoms with Gasteiger partial charge in [-0.05, 0) is 13.0 Å². The van der Waals surface area contributed by atoms with Crippen LogP contribution in [0.15, 0.2) is 12.2 Å². The van der Waals surface area contributed by atoms with Crippen molar-refractivity contribution >= 4 is 17.4 Å². The molecule has 0 radical (unpaired) electrons. The Labute approximate surface area is 48.0 Å². The van der Waals surface area contributed by atoms with Gasteiger partial charge in [0.15, 0.2) is 5.78 Å². The van der Waals surface area contributed by atoms with Gasteiger partial charge in [0, 0.05) is 0 Å². The van der Waals surface area contributed by atoms with E-state index in [-0.39, 0.29) is 11.7 Å². The summed E-state index contributed by atoms with van der Waals surface area (Å²) in [6.45, 7) is 1.78. The molecular weight excluding hydrogens is 112 g/mol. The molecule has 0 saturated carbocycles. The number of carbonyl (C=O) groups excluding carboxylic acids is 1. The molecule has 0 aromatic rings. The van der Waals surface area contributed by atoms with Crippen LogP contribution in [0.3, 0.4) is 0 Å². The lowest BCUT2D eigenvalue weighted by molar-refractivity contribution is -0.112. The monoisotopic (exact) mass is 118 g/mol. The first-order valence-corrected chi connectivity index (χ1v) is 2.56. The number of hydrogen-bond donors (Lipinski definition) is 0. The Morgan fingerprint density at radius 1 is 1.86 bits per heavy atom. The summed E-state index contributed by atoms with van der Waals surface area (Å²) >= 11 is 5.13. The van der Waals surface area contributed by atoms with E-state index in [1.807, 2.05) is 0 Å². The fourth-order valence-electron chi connectivity index (χ4n) is 0.230. The zero-order valence-electron chi connectivity index (χ0n) is 4.15. The van der Waals surface area contributed by atoms with Gasteiger partial charge in [-0.2, -0.15) is 0 Å². The number of alkyl halides is 1. The standard InChI is InChI=1S/C5H7ClO/c1-2-3-5(7)4-6/h2-3H,4H2,1H3. The topological polar surface area (TPSA) is 17.1 Å². The molecule has 0 rings (SSSR count). The van der Waals surface area contributed by atoms with Gasteiger partial charge in [-0.25, -0.2) is 0 Å². The molecule has 1 nitrogen and oxygen atoms in total. The number of ketones is 1. The molecule has 0 aliphatic rings. The Hall–Kier alpha value is -0.300. The third-order valence-corrected chi connectivity index (χ3v) is 0.748. The highest BCUT2D eigenvalue weighted by atomic mass is 35.5. The highest BCUT2D eigenvalue weighted by molar-refractivity contribution is 6.29. The van der Waals surface area contributed by atoms with Crippen molar-refractivity contribution < 1.29 is 4.79 Å². The zero-order chi connectivity index (χ0) is 5.70. The van der Waals surface area contributed by atoms with Gasteiger partial charge in [-0.15, -0.1) is 11.6 Å². The van der Waals surface area contributed by atoms with Crippen molar-refractivity contribution in [3.8, 4) is 0 Å². The van der Waals surface area contributed by atoms with Crippen LogP contribution in [0.5, 0.6) is 0 Å². The second kappa shape index (κ2) is 3.88. The maximum absolute atomic E-state index is 10.2. The molecule has 0 aromatic carbocycles. The molecule has 0 aliphatic carbocycles. The molecule has 0 fully saturated rings. The van der Waals surface area contributed by atoms with Crippen LogP contribution in [0.1, 0.15) is 6.92 Å². The SMILES string of the molecule is CC=CC(=O)CCl. The van der Waals surface area contributed by atoms with E-state index in [1.165, 1.54) is 6.08 Å². The zero-order valence-corrected chi connectivity index (χ0v) is 4.90. The van der Waals surface area contributed by atoms with Crippen LogP contribution in [0.4, 0.5) is 0 Å². The van der Waals surface area contributed by atoms with Crippen LogP contribution in [-0.4, -0.2) is 11.7 Å². The molecule has 0 aliphatic heterocycles. The lowest BCUT2D eigenvalue weighted by Crippen LogP contribution is -1.90. The van der Waals surface area contributed by atoms with E-state index < -0.39 is 0 Å². The largest absolute Gasteiger partial charge is 0.294 e. The Morgan fingerprint density at radius 3 is 2.57 bits per heavy atom. The molecule has 0 atom stereocenters. The lowest BCUT2D eigenvalue weighted by Gasteiger charge is -1.76. The highest BCUT2D eigenvalue weighted by Gasteiger charge is 1.86. The van der Waals surface area contributed by atoms with Gasteiger partial charge < -0.3 is 0 Å². The van der Waals surface area contributed by atoms with E-state index >= 15 is 0 Å². The van der Waals surface area contributed by atoms with Crippen molar-refractivity contribution in [1.29, 1.82) is 0 Å². The lowest BCUT2D eigenvalue weighted by atomic mass is 10.4. The highest BCUT2D eigenvalue weighted by Crippen LogP contribution is 1.79. The minimum absolute atomic E-state index is 0.0378. The van der Waals surface area contributed by atoms with Crippen molar-refractivity contribution in [3.63, 3.8) is 0 Å². The fourth-order valence-corrected chi connectivity index (χ4v) is 0.320. The molecule has 40 valence electrons. The number of allylic oxidation sites excluding steroid dienone is 2. The Bertz CT molecular complexity index is 86.1. The first-order valence-electron chi connectivity index (χ1n) is 2.02. The predicted molar refractivity (Wildman–Crippen MR) is 30.5 cm³/mol. The maximum Gasteiger partial charge on any atom is 0.170 e. The number of hydrogen-bond acceptors (Lipinski definition) is 1. The maximum atomic E-state index is 10.2. The summed E-state index contributed by atoms with van der Waals surface area (Å²) in [4.78, 5) is 10.2. The molecule has 0 aromatic heterocycles. The Morgan fingerprint density at radius 2 is 2.43 bits per heavy atom. The first kappa shape index (κ1) is 6.70. The predicted octanol–water partition coefficient (Wildman–Crippen LogP) is 1.37. The minimum Gasteiger partial charge on any atom is -0.294 e. The minimum atomic E-state index is -0.0378. The summed E-state index contributed by atoms with van der Waals surface area (Å²) < 4.78 is 0. The second-order valence-electron chi connectivity index (χ2n) is 1.10. The summed E-state index contributed by atoms with van der Waals surface area (Å²) in [7, 11) is 0. The number of carbonyl (C=O) groups is 1. The third kappa shape index (κ3) is 3.53. The molecular formula is C5H7ClO. The van der Waals surface area contributed by atoms with Crippen molar-refractivity contribution in [2.24, 2.45) is 0 Å². The van der Waals surface area contributed by atoms with Gasteiger partial charge in [0.05, 0.1) is 5.88 Å². The molecule has 0 amide bonds. The first-order chi connectivity index (χ1) is 3.31. The van der Waals surface area contributed by atoms with Gasteiger partial charge in [0.2, 0.25) is 0 Å². The number of halogens is 1. The Kier molecular flexibility index (Phi) is 3.71. The van der Waals surface area contributed by atoms with Gasteiger partial charge in [-0.1, -0.05) is 6.08 Å². The molecule has 7 heavy (non-hydrogen) atoms. The average molecular weight is 119 g/mol. The average Bonchev–Trinajstić information content (AvgIpc) is 1.68. The van der Waals surface area contributed by atoms with Crippen molar-refractivity contribution in [2.45, 2.75) is 6.92 Å². The fraction of sp³-hybridized carbons (Fsp3) is 0.400. The van der Waals surface area contributed by atoms with Crippen molar-refractivity contribution in [3.05, 3.63) is 12.2 Å². The summed E-state index contributed by atoms with van der Waals surface area (Å²) in [5, 5.41) is 0. The number of rotatable bonds is 2. The normalized spacial score (nSPS) is 10.0.